The Balaban J connectivity index is 1.79. The lowest BCUT2D eigenvalue weighted by atomic mass is 9.95. The molecular formula is C31H45N3O4S. The summed E-state index contributed by atoms with van der Waals surface area (Å²) in [6.45, 7) is 8.30. The molecule has 3 rings (SSSR count). The topological polar surface area (TPSA) is 86.8 Å². The first-order valence-electron chi connectivity index (χ1n) is 14.2. The Morgan fingerprint density at radius 2 is 1.69 bits per heavy atom. The molecule has 1 aliphatic carbocycles. The van der Waals surface area contributed by atoms with E-state index >= 15 is 0 Å². The molecule has 1 saturated carbocycles. The average Bonchev–Trinajstić information content (AvgIpc) is 2.89. The summed E-state index contributed by atoms with van der Waals surface area (Å²) in [5.74, 6) is -0.238. The van der Waals surface area contributed by atoms with Gasteiger partial charge < -0.3 is 10.2 Å². The second kappa shape index (κ2) is 14.0. The van der Waals surface area contributed by atoms with Crippen molar-refractivity contribution in [2.75, 3.05) is 17.1 Å². The number of amides is 2. The van der Waals surface area contributed by atoms with Gasteiger partial charge in [-0.1, -0.05) is 62.6 Å². The van der Waals surface area contributed by atoms with Crippen LogP contribution in [0.3, 0.4) is 0 Å². The zero-order chi connectivity index (χ0) is 28.6. The Kier molecular flexibility index (Phi) is 11.0. The fourth-order valence-corrected chi connectivity index (χ4v) is 6.42. The van der Waals surface area contributed by atoms with Gasteiger partial charge in [-0.3, -0.25) is 13.9 Å². The molecule has 2 aromatic rings. The van der Waals surface area contributed by atoms with Crippen LogP contribution in [0.25, 0.3) is 0 Å². The molecule has 39 heavy (non-hydrogen) atoms. The van der Waals surface area contributed by atoms with E-state index < -0.39 is 16.1 Å². The predicted octanol–water partition coefficient (Wildman–Crippen LogP) is 5.41. The molecular weight excluding hydrogens is 510 g/mol. The maximum Gasteiger partial charge on any atom is 0.243 e. The highest BCUT2D eigenvalue weighted by Crippen LogP contribution is 2.25. The molecule has 2 amide bonds. The normalized spacial score (nSPS) is 15.0. The molecule has 1 aliphatic rings. The number of hydrogen-bond acceptors (Lipinski definition) is 4. The summed E-state index contributed by atoms with van der Waals surface area (Å²) in [6.07, 6.45) is 7.60. The zero-order valence-corrected chi connectivity index (χ0v) is 25.0. The molecule has 0 bridgehead atoms. The van der Waals surface area contributed by atoms with Crippen LogP contribution in [0.15, 0.2) is 42.5 Å². The number of aryl methyl sites for hydroxylation is 3. The lowest BCUT2D eigenvalue weighted by molar-refractivity contribution is -0.141. The van der Waals surface area contributed by atoms with Crippen LogP contribution in [-0.2, 0) is 26.2 Å². The van der Waals surface area contributed by atoms with E-state index in [0.717, 1.165) is 47.9 Å². The van der Waals surface area contributed by atoms with Crippen LogP contribution in [0, 0.1) is 20.8 Å². The second-order valence-corrected chi connectivity index (χ2v) is 12.9. The van der Waals surface area contributed by atoms with Crippen LogP contribution >= 0.6 is 0 Å². The number of carbonyl (C=O) groups is 2. The maximum atomic E-state index is 13.7. The molecule has 0 heterocycles. The van der Waals surface area contributed by atoms with Crippen molar-refractivity contribution < 1.29 is 18.0 Å². The SMILES string of the molecule is CC[C@H](C(=O)NC1CCCCC1)N(Cc1ccccc1C)C(=O)CCCN(c1cc(C)ccc1C)S(C)(=O)=O. The van der Waals surface area contributed by atoms with Crippen molar-refractivity contribution in [3.05, 3.63) is 64.7 Å². The summed E-state index contributed by atoms with van der Waals surface area (Å²) in [4.78, 5) is 28.9. The summed E-state index contributed by atoms with van der Waals surface area (Å²) < 4.78 is 26.8. The van der Waals surface area contributed by atoms with Crippen molar-refractivity contribution in [2.45, 2.75) is 97.7 Å². The zero-order valence-electron chi connectivity index (χ0n) is 24.2. The van der Waals surface area contributed by atoms with Crippen LogP contribution in [0.5, 0.6) is 0 Å². The highest BCUT2D eigenvalue weighted by atomic mass is 32.2. The number of hydrogen-bond donors (Lipinski definition) is 1. The largest absolute Gasteiger partial charge is 0.352 e. The number of nitrogens with one attached hydrogen (secondary N) is 1. The van der Waals surface area contributed by atoms with E-state index in [4.69, 9.17) is 0 Å². The number of rotatable bonds is 12. The van der Waals surface area contributed by atoms with Crippen LogP contribution < -0.4 is 9.62 Å². The Bertz CT molecular complexity index is 1240. The summed E-state index contributed by atoms with van der Waals surface area (Å²) in [6, 6.07) is 13.2. The quantitative estimate of drug-likeness (QED) is 0.379. The van der Waals surface area contributed by atoms with Gasteiger partial charge in [-0.05, 0) is 74.8 Å². The minimum Gasteiger partial charge on any atom is -0.352 e. The Hall–Kier alpha value is -2.87. The van der Waals surface area contributed by atoms with Gasteiger partial charge in [0.15, 0.2) is 0 Å². The summed E-state index contributed by atoms with van der Waals surface area (Å²) >= 11 is 0. The van der Waals surface area contributed by atoms with Crippen molar-refractivity contribution in [2.24, 2.45) is 0 Å². The van der Waals surface area contributed by atoms with Gasteiger partial charge in [-0.25, -0.2) is 8.42 Å². The summed E-state index contributed by atoms with van der Waals surface area (Å²) in [7, 11) is -3.54. The third kappa shape index (κ3) is 8.56. The fraction of sp³-hybridized carbons (Fsp3) is 0.548. The lowest BCUT2D eigenvalue weighted by Crippen LogP contribution is -2.51. The predicted molar refractivity (Wildman–Crippen MR) is 158 cm³/mol. The van der Waals surface area contributed by atoms with E-state index in [0.29, 0.717) is 25.1 Å². The number of sulfonamides is 1. The number of anilines is 1. The van der Waals surface area contributed by atoms with Gasteiger partial charge in [-0.2, -0.15) is 0 Å². The van der Waals surface area contributed by atoms with E-state index in [9.17, 15) is 18.0 Å². The van der Waals surface area contributed by atoms with Gasteiger partial charge in [0.25, 0.3) is 0 Å². The molecule has 7 nitrogen and oxygen atoms in total. The number of nitrogens with zero attached hydrogens (tertiary/aromatic N) is 2. The molecule has 8 heteroatoms. The summed E-state index contributed by atoms with van der Waals surface area (Å²) in [5, 5.41) is 3.21. The molecule has 0 radical (unpaired) electrons. The maximum absolute atomic E-state index is 13.7. The monoisotopic (exact) mass is 555 g/mol. The van der Waals surface area contributed by atoms with Crippen LogP contribution in [0.2, 0.25) is 0 Å². The molecule has 2 aromatic carbocycles. The second-order valence-electron chi connectivity index (χ2n) is 10.9. The average molecular weight is 556 g/mol. The number of carbonyl (C=O) groups excluding carboxylic acids is 2. The molecule has 0 saturated heterocycles. The molecule has 1 fully saturated rings. The third-order valence-corrected chi connectivity index (χ3v) is 8.90. The van der Waals surface area contributed by atoms with E-state index in [1.54, 1.807) is 4.90 Å². The molecule has 0 unspecified atom stereocenters. The van der Waals surface area contributed by atoms with Crippen molar-refractivity contribution in [3.63, 3.8) is 0 Å². The van der Waals surface area contributed by atoms with Crippen molar-refractivity contribution >= 4 is 27.5 Å². The lowest BCUT2D eigenvalue weighted by Gasteiger charge is -2.33. The molecule has 0 spiro atoms. The molecule has 1 atom stereocenters. The first-order valence-corrected chi connectivity index (χ1v) is 16.1. The highest BCUT2D eigenvalue weighted by Gasteiger charge is 2.30. The van der Waals surface area contributed by atoms with E-state index in [1.165, 1.54) is 17.0 Å². The molecule has 214 valence electrons. The van der Waals surface area contributed by atoms with Crippen molar-refractivity contribution in [1.82, 2.24) is 10.2 Å². The Labute approximate surface area is 235 Å². The van der Waals surface area contributed by atoms with Crippen LogP contribution in [0.1, 0.15) is 80.5 Å². The van der Waals surface area contributed by atoms with Gasteiger partial charge >= 0.3 is 0 Å². The Morgan fingerprint density at radius 1 is 1.00 bits per heavy atom. The fourth-order valence-electron chi connectivity index (χ4n) is 5.41. The molecule has 0 aromatic heterocycles. The van der Waals surface area contributed by atoms with Crippen molar-refractivity contribution in [1.29, 1.82) is 0 Å². The highest BCUT2D eigenvalue weighted by molar-refractivity contribution is 7.92. The minimum atomic E-state index is -3.54. The van der Waals surface area contributed by atoms with Crippen LogP contribution in [0.4, 0.5) is 5.69 Å². The van der Waals surface area contributed by atoms with Gasteiger partial charge in [0.1, 0.15) is 6.04 Å². The number of benzene rings is 2. The van der Waals surface area contributed by atoms with E-state index in [-0.39, 0.29) is 30.8 Å². The van der Waals surface area contributed by atoms with Crippen molar-refractivity contribution in [3.8, 4) is 0 Å². The first-order chi connectivity index (χ1) is 18.5. The van der Waals surface area contributed by atoms with Gasteiger partial charge in [-0.15, -0.1) is 0 Å². The summed E-state index contributed by atoms with van der Waals surface area (Å²) in [5.41, 5.74) is 4.54. The standard InChI is InChI=1S/C31H45N3O4S/c1-6-28(31(36)32-27-15-8-7-9-16-27)33(22-26-14-11-10-13-24(26)3)30(35)17-12-20-34(39(5,37)38)29-21-23(2)18-19-25(29)4/h10-11,13-14,18-19,21,27-28H,6-9,12,15-17,20,22H2,1-5H3,(H,32,36)/t28-/m1/s1. The van der Waals surface area contributed by atoms with Crippen LogP contribution in [-0.4, -0.2) is 50.0 Å². The first kappa shape index (κ1) is 30.7. The minimum absolute atomic E-state index is 0.0977. The van der Waals surface area contributed by atoms with E-state index in [2.05, 4.69) is 5.32 Å². The van der Waals surface area contributed by atoms with Gasteiger partial charge in [0.2, 0.25) is 21.8 Å². The van der Waals surface area contributed by atoms with Gasteiger partial charge in [0.05, 0.1) is 11.9 Å². The van der Waals surface area contributed by atoms with Gasteiger partial charge in [0, 0.05) is 25.6 Å². The molecule has 1 N–H and O–H groups in total. The smallest absolute Gasteiger partial charge is 0.243 e. The third-order valence-electron chi connectivity index (χ3n) is 7.72. The molecule has 0 aliphatic heterocycles. The van der Waals surface area contributed by atoms with E-state index in [1.807, 2.05) is 70.2 Å². The Morgan fingerprint density at radius 3 is 2.33 bits per heavy atom.